The van der Waals surface area contributed by atoms with Crippen LogP contribution in [-0.2, 0) is 6.54 Å². The number of nitrogens with one attached hydrogen (secondary N) is 1. The maximum absolute atomic E-state index is 5.35. The summed E-state index contributed by atoms with van der Waals surface area (Å²) in [6, 6.07) is 6.12. The number of benzene rings is 1. The Balaban J connectivity index is 2.08. The molecule has 0 atom stereocenters. The van der Waals surface area contributed by atoms with Crippen molar-refractivity contribution in [3.05, 3.63) is 28.8 Å². The molecule has 0 fully saturated rings. The van der Waals surface area contributed by atoms with Gasteiger partial charge in [0.05, 0.1) is 7.11 Å². The number of aryl methyl sites for hydroxylation is 1. The van der Waals surface area contributed by atoms with Crippen LogP contribution in [0, 0.1) is 12.8 Å². The summed E-state index contributed by atoms with van der Waals surface area (Å²) in [5.74, 6) is 1.53. The zero-order valence-corrected chi connectivity index (χ0v) is 13.3. The van der Waals surface area contributed by atoms with Crippen molar-refractivity contribution in [2.75, 3.05) is 13.7 Å². The molecule has 1 heterocycles. The molecule has 0 amide bonds. The van der Waals surface area contributed by atoms with Gasteiger partial charge in [-0.3, -0.25) is 0 Å². The van der Waals surface area contributed by atoms with E-state index >= 15 is 0 Å². The molecule has 0 saturated carbocycles. The lowest BCUT2D eigenvalue weighted by atomic mass is 10.1. The van der Waals surface area contributed by atoms with Crippen LogP contribution < -0.4 is 10.1 Å². The van der Waals surface area contributed by atoms with Gasteiger partial charge in [0.25, 0.3) is 0 Å². The monoisotopic (exact) mass is 291 g/mol. The van der Waals surface area contributed by atoms with Crippen molar-refractivity contribution in [2.45, 2.75) is 27.3 Å². The fourth-order valence-electron chi connectivity index (χ4n) is 1.86. The summed E-state index contributed by atoms with van der Waals surface area (Å²) >= 11 is 1.62. The first-order valence-corrected chi connectivity index (χ1v) is 7.60. The summed E-state index contributed by atoms with van der Waals surface area (Å²) in [7, 11) is 1.69. The van der Waals surface area contributed by atoms with Crippen molar-refractivity contribution in [3.8, 4) is 16.3 Å². The van der Waals surface area contributed by atoms with Gasteiger partial charge >= 0.3 is 0 Å². The predicted molar refractivity (Wildman–Crippen MR) is 83.2 cm³/mol. The molecule has 0 bridgehead atoms. The molecule has 0 unspecified atom stereocenters. The Kier molecular flexibility index (Phi) is 5.09. The van der Waals surface area contributed by atoms with Crippen molar-refractivity contribution >= 4 is 11.3 Å². The molecule has 0 spiro atoms. The summed E-state index contributed by atoms with van der Waals surface area (Å²) < 4.78 is 5.35. The van der Waals surface area contributed by atoms with Gasteiger partial charge in [-0.25, -0.2) is 0 Å². The molecule has 0 radical (unpaired) electrons. The van der Waals surface area contributed by atoms with E-state index in [1.807, 2.05) is 19.1 Å². The van der Waals surface area contributed by atoms with Crippen LogP contribution in [-0.4, -0.2) is 23.9 Å². The number of ether oxygens (including phenoxy) is 1. The molecule has 0 aliphatic carbocycles. The highest BCUT2D eigenvalue weighted by atomic mass is 32.1. The second-order valence-electron chi connectivity index (χ2n) is 5.21. The SMILES string of the molecule is COc1cc(-c2nnc(CNCC(C)C)s2)ccc1C. The van der Waals surface area contributed by atoms with Crippen LogP contribution in [0.3, 0.4) is 0 Å². The summed E-state index contributed by atoms with van der Waals surface area (Å²) in [5.41, 5.74) is 2.18. The second-order valence-corrected chi connectivity index (χ2v) is 6.27. The van der Waals surface area contributed by atoms with E-state index in [1.54, 1.807) is 18.4 Å². The first-order chi connectivity index (χ1) is 9.60. The third-order valence-corrected chi connectivity index (χ3v) is 3.92. The molecule has 1 N–H and O–H groups in total. The number of methoxy groups -OCH3 is 1. The van der Waals surface area contributed by atoms with Gasteiger partial charge in [-0.15, -0.1) is 10.2 Å². The number of hydrogen-bond acceptors (Lipinski definition) is 5. The van der Waals surface area contributed by atoms with Crippen LogP contribution in [0.2, 0.25) is 0 Å². The summed E-state index contributed by atoms with van der Waals surface area (Å²) in [4.78, 5) is 0. The smallest absolute Gasteiger partial charge is 0.147 e. The van der Waals surface area contributed by atoms with E-state index in [0.29, 0.717) is 5.92 Å². The first-order valence-electron chi connectivity index (χ1n) is 6.78. The maximum atomic E-state index is 5.35. The first kappa shape index (κ1) is 14.9. The van der Waals surface area contributed by atoms with E-state index in [2.05, 4.69) is 35.4 Å². The maximum Gasteiger partial charge on any atom is 0.147 e. The van der Waals surface area contributed by atoms with Crippen LogP contribution in [0.15, 0.2) is 18.2 Å². The third-order valence-electron chi connectivity index (χ3n) is 2.95. The van der Waals surface area contributed by atoms with E-state index < -0.39 is 0 Å². The van der Waals surface area contributed by atoms with E-state index in [4.69, 9.17) is 4.74 Å². The molecule has 1 aromatic carbocycles. The van der Waals surface area contributed by atoms with Gasteiger partial charge in [-0.05, 0) is 31.0 Å². The standard InChI is InChI=1S/C15H21N3OS/c1-10(2)8-16-9-14-17-18-15(20-14)12-6-5-11(3)13(7-12)19-4/h5-7,10,16H,8-9H2,1-4H3. The third kappa shape index (κ3) is 3.77. The number of nitrogens with zero attached hydrogens (tertiary/aromatic N) is 2. The lowest BCUT2D eigenvalue weighted by molar-refractivity contribution is 0.412. The molecule has 5 heteroatoms. The molecule has 2 rings (SSSR count). The fraction of sp³-hybridized carbons (Fsp3) is 0.467. The molecular weight excluding hydrogens is 270 g/mol. The van der Waals surface area contributed by atoms with Crippen LogP contribution in [0.1, 0.15) is 24.4 Å². The fourth-order valence-corrected chi connectivity index (χ4v) is 2.67. The van der Waals surface area contributed by atoms with Crippen molar-refractivity contribution in [2.24, 2.45) is 5.92 Å². The van der Waals surface area contributed by atoms with Gasteiger partial charge in [-0.2, -0.15) is 0 Å². The number of aromatic nitrogens is 2. The van der Waals surface area contributed by atoms with Gasteiger partial charge in [-0.1, -0.05) is 37.3 Å². The molecule has 0 saturated heterocycles. The Bertz CT molecular complexity index is 566. The highest BCUT2D eigenvalue weighted by molar-refractivity contribution is 7.14. The van der Waals surface area contributed by atoms with Crippen molar-refractivity contribution in [1.29, 1.82) is 0 Å². The molecule has 0 aliphatic heterocycles. The van der Waals surface area contributed by atoms with Crippen molar-refractivity contribution < 1.29 is 4.74 Å². The van der Waals surface area contributed by atoms with Gasteiger partial charge < -0.3 is 10.1 Å². The Hall–Kier alpha value is -1.46. The molecule has 4 nitrogen and oxygen atoms in total. The lowest BCUT2D eigenvalue weighted by Crippen LogP contribution is -2.18. The van der Waals surface area contributed by atoms with E-state index in [0.717, 1.165) is 40.0 Å². The van der Waals surface area contributed by atoms with Crippen LogP contribution in [0.5, 0.6) is 5.75 Å². The second kappa shape index (κ2) is 6.81. The van der Waals surface area contributed by atoms with Crippen LogP contribution in [0.4, 0.5) is 0 Å². The van der Waals surface area contributed by atoms with Gasteiger partial charge in [0.1, 0.15) is 15.8 Å². The molecular formula is C15H21N3OS. The normalized spacial score (nSPS) is 11.1. The Labute approximate surface area is 124 Å². The topological polar surface area (TPSA) is 47.0 Å². The minimum Gasteiger partial charge on any atom is -0.496 e. The molecule has 20 heavy (non-hydrogen) atoms. The highest BCUT2D eigenvalue weighted by Gasteiger charge is 2.09. The molecule has 108 valence electrons. The lowest BCUT2D eigenvalue weighted by Gasteiger charge is -2.05. The largest absolute Gasteiger partial charge is 0.496 e. The van der Waals surface area contributed by atoms with Gasteiger partial charge in [0.15, 0.2) is 0 Å². The number of rotatable bonds is 6. The Morgan fingerprint density at radius 3 is 2.80 bits per heavy atom. The number of hydrogen-bond donors (Lipinski definition) is 1. The molecule has 2 aromatic rings. The van der Waals surface area contributed by atoms with Gasteiger partial charge in [0.2, 0.25) is 0 Å². The highest BCUT2D eigenvalue weighted by Crippen LogP contribution is 2.28. The van der Waals surface area contributed by atoms with Crippen LogP contribution in [0.25, 0.3) is 10.6 Å². The molecule has 0 aliphatic rings. The average molecular weight is 291 g/mol. The van der Waals surface area contributed by atoms with E-state index in [-0.39, 0.29) is 0 Å². The van der Waals surface area contributed by atoms with Crippen molar-refractivity contribution in [1.82, 2.24) is 15.5 Å². The zero-order chi connectivity index (χ0) is 14.5. The Morgan fingerprint density at radius 1 is 1.30 bits per heavy atom. The van der Waals surface area contributed by atoms with Crippen LogP contribution >= 0.6 is 11.3 Å². The quantitative estimate of drug-likeness (QED) is 0.887. The summed E-state index contributed by atoms with van der Waals surface area (Å²) in [5, 5.41) is 13.8. The average Bonchev–Trinajstić information content (AvgIpc) is 2.87. The summed E-state index contributed by atoms with van der Waals surface area (Å²) in [6.07, 6.45) is 0. The Morgan fingerprint density at radius 2 is 2.10 bits per heavy atom. The van der Waals surface area contributed by atoms with E-state index in [1.165, 1.54) is 0 Å². The van der Waals surface area contributed by atoms with Crippen molar-refractivity contribution in [3.63, 3.8) is 0 Å². The predicted octanol–water partition coefficient (Wildman–Crippen LogP) is 3.27. The molecule has 1 aromatic heterocycles. The minimum atomic E-state index is 0.642. The van der Waals surface area contributed by atoms with E-state index in [9.17, 15) is 0 Å². The zero-order valence-electron chi connectivity index (χ0n) is 12.4. The minimum absolute atomic E-state index is 0.642. The van der Waals surface area contributed by atoms with Gasteiger partial charge in [0, 0.05) is 12.1 Å². The summed E-state index contributed by atoms with van der Waals surface area (Å²) in [6.45, 7) is 8.18.